The number of nitrogens with one attached hydrogen (secondary N) is 2. The maximum absolute atomic E-state index is 14.1. The maximum Gasteiger partial charge on any atom is 0.273 e. The van der Waals surface area contributed by atoms with Crippen molar-refractivity contribution < 1.29 is 23.1 Å². The molecule has 190 valence electrons. The summed E-state index contributed by atoms with van der Waals surface area (Å²) in [5.74, 6) is -1.94. The zero-order valence-electron chi connectivity index (χ0n) is 20.3. The molecule has 2 amide bonds. The minimum Gasteiger partial charge on any atom is -0.382 e. The van der Waals surface area contributed by atoms with Gasteiger partial charge in [0, 0.05) is 38.9 Å². The predicted molar refractivity (Wildman–Crippen MR) is 124 cm³/mol. The lowest BCUT2D eigenvalue weighted by Crippen LogP contribution is -2.59. The van der Waals surface area contributed by atoms with E-state index in [1.165, 1.54) is 25.1 Å². The Balaban J connectivity index is 1.46. The average molecular weight is 491 g/mol. The Hall–Kier alpha value is -2.92. The standard InChI is InChI=1S/C24H32F2N6O3/c1-24(2,14-35-3)28-22(33)17-12-31(11-15-4-5-15)9-8-19(17)27-23(34)20-13-32(30-29-20)21-7-6-16(25)10-18(21)26/h6-7,10,13,15,17,19H,4-5,8-9,11-12,14H2,1-3H3,(H,27,34)(H,28,33)/t17-,19-/m1/s1. The van der Waals surface area contributed by atoms with Crippen molar-refractivity contribution in [3.8, 4) is 5.69 Å². The second-order valence-corrected chi connectivity index (χ2v) is 10.1. The summed E-state index contributed by atoms with van der Waals surface area (Å²) in [5, 5.41) is 13.6. The molecule has 35 heavy (non-hydrogen) atoms. The highest BCUT2D eigenvalue weighted by atomic mass is 19.1. The Morgan fingerprint density at radius 1 is 1.23 bits per heavy atom. The fourth-order valence-corrected chi connectivity index (χ4v) is 4.51. The Labute approximate surface area is 203 Å². The Morgan fingerprint density at radius 2 is 2.00 bits per heavy atom. The second kappa shape index (κ2) is 10.4. The first-order chi connectivity index (χ1) is 16.6. The minimum atomic E-state index is -0.819. The van der Waals surface area contributed by atoms with Crippen molar-refractivity contribution in [1.82, 2.24) is 30.5 Å². The Kier molecular flexibility index (Phi) is 7.46. The fourth-order valence-electron chi connectivity index (χ4n) is 4.51. The normalized spacial score (nSPS) is 21.1. The molecule has 0 spiro atoms. The van der Waals surface area contributed by atoms with Crippen LogP contribution >= 0.6 is 0 Å². The number of carbonyl (C=O) groups excluding carboxylic acids is 2. The largest absolute Gasteiger partial charge is 0.382 e. The van der Waals surface area contributed by atoms with Crippen LogP contribution in [0, 0.1) is 23.5 Å². The third-order valence-corrected chi connectivity index (χ3v) is 6.41. The molecule has 2 atom stereocenters. The van der Waals surface area contributed by atoms with Crippen LogP contribution in [-0.4, -0.2) is 76.6 Å². The topological polar surface area (TPSA) is 101 Å². The van der Waals surface area contributed by atoms with Crippen LogP contribution in [0.3, 0.4) is 0 Å². The van der Waals surface area contributed by atoms with Crippen molar-refractivity contribution in [2.75, 3.05) is 33.4 Å². The van der Waals surface area contributed by atoms with E-state index >= 15 is 0 Å². The summed E-state index contributed by atoms with van der Waals surface area (Å²) in [6.45, 7) is 6.42. The van der Waals surface area contributed by atoms with Gasteiger partial charge in [-0.05, 0) is 51.2 Å². The summed E-state index contributed by atoms with van der Waals surface area (Å²) in [5.41, 5.74) is -0.599. The number of amides is 2. The van der Waals surface area contributed by atoms with Crippen LogP contribution in [0.15, 0.2) is 24.4 Å². The van der Waals surface area contributed by atoms with Crippen molar-refractivity contribution in [2.45, 2.75) is 44.7 Å². The van der Waals surface area contributed by atoms with Crippen molar-refractivity contribution in [3.05, 3.63) is 41.7 Å². The van der Waals surface area contributed by atoms with Crippen molar-refractivity contribution >= 4 is 11.8 Å². The molecule has 1 aliphatic carbocycles. The van der Waals surface area contributed by atoms with E-state index in [-0.39, 0.29) is 17.3 Å². The highest BCUT2D eigenvalue weighted by Crippen LogP contribution is 2.31. The molecule has 2 fully saturated rings. The van der Waals surface area contributed by atoms with Crippen LogP contribution in [0.4, 0.5) is 8.78 Å². The van der Waals surface area contributed by atoms with Gasteiger partial charge in [-0.3, -0.25) is 9.59 Å². The second-order valence-electron chi connectivity index (χ2n) is 10.1. The molecular weight excluding hydrogens is 458 g/mol. The first kappa shape index (κ1) is 25.2. The number of halogens is 2. The molecule has 0 bridgehead atoms. The van der Waals surface area contributed by atoms with E-state index in [9.17, 15) is 18.4 Å². The molecular formula is C24H32F2N6O3. The number of hydrogen-bond acceptors (Lipinski definition) is 6. The van der Waals surface area contributed by atoms with Gasteiger partial charge in [0.25, 0.3) is 5.91 Å². The smallest absolute Gasteiger partial charge is 0.273 e. The summed E-state index contributed by atoms with van der Waals surface area (Å²) in [6.07, 6.45) is 4.34. The molecule has 2 N–H and O–H groups in total. The van der Waals surface area contributed by atoms with Gasteiger partial charge >= 0.3 is 0 Å². The number of benzene rings is 1. The summed E-state index contributed by atoms with van der Waals surface area (Å²) >= 11 is 0. The molecule has 1 saturated carbocycles. The quantitative estimate of drug-likeness (QED) is 0.557. The third kappa shape index (κ3) is 6.40. The summed E-state index contributed by atoms with van der Waals surface area (Å²) in [4.78, 5) is 28.5. The Bertz CT molecular complexity index is 1070. The van der Waals surface area contributed by atoms with E-state index in [1.54, 1.807) is 7.11 Å². The number of hydrogen-bond donors (Lipinski definition) is 2. The molecule has 2 aromatic rings. The van der Waals surface area contributed by atoms with Crippen molar-refractivity contribution in [2.24, 2.45) is 11.8 Å². The monoisotopic (exact) mass is 490 g/mol. The number of ether oxygens (including phenoxy) is 1. The molecule has 1 saturated heterocycles. The minimum absolute atomic E-state index is 0.0204. The van der Waals surface area contributed by atoms with Gasteiger partial charge in [0.1, 0.15) is 11.5 Å². The SMILES string of the molecule is COCC(C)(C)NC(=O)[C@@H]1CN(CC2CC2)CC[C@H]1NC(=O)c1cn(-c2ccc(F)cc2F)nn1. The molecule has 4 rings (SSSR count). The first-order valence-electron chi connectivity index (χ1n) is 11.9. The zero-order chi connectivity index (χ0) is 25.2. The van der Waals surface area contributed by atoms with Crippen LogP contribution in [0.1, 0.15) is 43.6 Å². The summed E-state index contributed by atoms with van der Waals surface area (Å²) in [7, 11) is 1.58. The molecule has 9 nitrogen and oxygen atoms in total. The van der Waals surface area contributed by atoms with Crippen LogP contribution in [0.5, 0.6) is 0 Å². The van der Waals surface area contributed by atoms with E-state index in [4.69, 9.17) is 4.74 Å². The number of rotatable bonds is 9. The average Bonchev–Trinajstić information content (AvgIpc) is 3.46. The Morgan fingerprint density at radius 3 is 2.69 bits per heavy atom. The van der Waals surface area contributed by atoms with E-state index in [1.807, 2.05) is 13.8 Å². The van der Waals surface area contributed by atoms with Crippen molar-refractivity contribution in [3.63, 3.8) is 0 Å². The van der Waals surface area contributed by atoms with Crippen LogP contribution in [0.2, 0.25) is 0 Å². The first-order valence-corrected chi connectivity index (χ1v) is 11.9. The summed E-state index contributed by atoms with van der Waals surface area (Å²) < 4.78 is 33.6. The number of piperidine rings is 1. The molecule has 1 aromatic carbocycles. The lowest BCUT2D eigenvalue weighted by molar-refractivity contribution is -0.130. The fraction of sp³-hybridized carbons (Fsp3) is 0.583. The van der Waals surface area contributed by atoms with Gasteiger partial charge in [0.05, 0.1) is 24.3 Å². The third-order valence-electron chi connectivity index (χ3n) is 6.41. The molecule has 11 heteroatoms. The van der Waals surface area contributed by atoms with Crippen LogP contribution < -0.4 is 10.6 Å². The maximum atomic E-state index is 14.1. The van der Waals surface area contributed by atoms with Gasteiger partial charge in [0.2, 0.25) is 5.91 Å². The van der Waals surface area contributed by atoms with E-state index in [0.29, 0.717) is 25.5 Å². The molecule has 2 heterocycles. The number of nitrogens with zero attached hydrogens (tertiary/aromatic N) is 4. The summed E-state index contributed by atoms with van der Waals surface area (Å²) in [6, 6.07) is 2.66. The van der Waals surface area contributed by atoms with Crippen molar-refractivity contribution in [1.29, 1.82) is 0 Å². The van der Waals surface area contributed by atoms with Gasteiger partial charge < -0.3 is 20.3 Å². The molecule has 2 aliphatic rings. The number of aromatic nitrogens is 3. The highest BCUT2D eigenvalue weighted by Gasteiger charge is 2.39. The van der Waals surface area contributed by atoms with E-state index < -0.39 is 35.0 Å². The van der Waals surface area contributed by atoms with Gasteiger partial charge in [-0.2, -0.15) is 0 Å². The van der Waals surface area contributed by atoms with Crippen LogP contribution in [-0.2, 0) is 9.53 Å². The van der Waals surface area contributed by atoms with Crippen LogP contribution in [0.25, 0.3) is 5.69 Å². The highest BCUT2D eigenvalue weighted by molar-refractivity contribution is 5.92. The lowest BCUT2D eigenvalue weighted by atomic mass is 9.89. The van der Waals surface area contributed by atoms with Gasteiger partial charge in [-0.1, -0.05) is 5.21 Å². The molecule has 1 aromatic heterocycles. The van der Waals surface area contributed by atoms with E-state index in [2.05, 4.69) is 25.8 Å². The van der Waals surface area contributed by atoms with Gasteiger partial charge in [-0.15, -0.1) is 5.10 Å². The number of methoxy groups -OCH3 is 1. The molecule has 0 radical (unpaired) electrons. The predicted octanol–water partition coefficient (Wildman–Crippen LogP) is 1.92. The molecule has 0 unspecified atom stereocenters. The zero-order valence-corrected chi connectivity index (χ0v) is 20.3. The van der Waals surface area contributed by atoms with Gasteiger partial charge in [0.15, 0.2) is 11.5 Å². The lowest BCUT2D eigenvalue weighted by Gasteiger charge is -2.39. The number of likely N-dealkylation sites (tertiary alicyclic amines) is 1. The van der Waals surface area contributed by atoms with Gasteiger partial charge in [-0.25, -0.2) is 13.5 Å². The number of carbonyl (C=O) groups is 2. The molecule has 1 aliphatic heterocycles. The van der Waals surface area contributed by atoms with E-state index in [0.717, 1.165) is 29.9 Å².